The number of benzene rings is 1. The van der Waals surface area contributed by atoms with Crippen molar-refractivity contribution >= 4 is 40.8 Å². The van der Waals surface area contributed by atoms with Crippen molar-refractivity contribution in [2.24, 2.45) is 16.1 Å². The second-order valence-corrected chi connectivity index (χ2v) is 8.07. The molecule has 1 fully saturated rings. The van der Waals surface area contributed by atoms with E-state index in [1.54, 1.807) is 6.07 Å². The number of nitrogens with two attached hydrogens (primary N) is 1. The summed E-state index contributed by atoms with van der Waals surface area (Å²) in [5.74, 6) is -0.951. The third kappa shape index (κ3) is 3.08. The van der Waals surface area contributed by atoms with Crippen LogP contribution in [-0.4, -0.2) is 23.5 Å². The second-order valence-electron chi connectivity index (χ2n) is 7.22. The number of nitrogens with one attached hydrogen (secondary N) is 1. The number of aromatic nitrogens is 1. The minimum absolute atomic E-state index is 0.0233. The molecule has 1 atom stereocenters. The zero-order valence-corrected chi connectivity index (χ0v) is 16.4. The van der Waals surface area contributed by atoms with Gasteiger partial charge in [0, 0.05) is 22.9 Å². The molecule has 28 heavy (non-hydrogen) atoms. The zero-order chi connectivity index (χ0) is 20.1. The Hall–Kier alpha value is -2.38. The number of carbonyl (C=O) groups is 1. The summed E-state index contributed by atoms with van der Waals surface area (Å²) in [6, 6.07) is 5.80. The second kappa shape index (κ2) is 6.60. The average Bonchev–Trinajstić information content (AvgIpc) is 3.41. The fourth-order valence-corrected chi connectivity index (χ4v) is 4.07. The van der Waals surface area contributed by atoms with Crippen LogP contribution in [0.1, 0.15) is 35.8 Å². The third-order valence-corrected chi connectivity index (χ3v) is 5.98. The van der Waals surface area contributed by atoms with Gasteiger partial charge in [-0.15, -0.1) is 0 Å². The first-order chi connectivity index (χ1) is 13.2. The van der Waals surface area contributed by atoms with Crippen LogP contribution in [0.2, 0.25) is 10.0 Å². The lowest BCUT2D eigenvalue weighted by molar-refractivity contribution is 0.102. The van der Waals surface area contributed by atoms with Crippen molar-refractivity contribution in [3.63, 3.8) is 0 Å². The van der Waals surface area contributed by atoms with E-state index in [9.17, 15) is 9.18 Å². The molecule has 4 rings (SSSR count). The van der Waals surface area contributed by atoms with Crippen molar-refractivity contribution in [3.05, 3.63) is 57.6 Å². The van der Waals surface area contributed by atoms with Gasteiger partial charge in [-0.3, -0.25) is 4.79 Å². The van der Waals surface area contributed by atoms with E-state index >= 15 is 0 Å². The highest BCUT2D eigenvalue weighted by Gasteiger charge is 2.61. The van der Waals surface area contributed by atoms with Gasteiger partial charge >= 0.3 is 0 Å². The largest absolute Gasteiger partial charge is 0.465 e. The topological polar surface area (TPSA) is 89.6 Å². The third-order valence-electron chi connectivity index (χ3n) is 5.49. The smallest absolute Gasteiger partial charge is 0.282 e. The van der Waals surface area contributed by atoms with Crippen molar-refractivity contribution < 1.29 is 13.9 Å². The van der Waals surface area contributed by atoms with Crippen LogP contribution in [0.5, 0.6) is 0 Å². The summed E-state index contributed by atoms with van der Waals surface area (Å²) < 4.78 is 20.1. The Bertz CT molecular complexity index is 1010. The number of ether oxygens (including phenoxy) is 1. The molecule has 1 spiro atoms. The molecule has 1 aliphatic carbocycles. The Morgan fingerprint density at radius 2 is 2.07 bits per heavy atom. The van der Waals surface area contributed by atoms with Gasteiger partial charge in [-0.1, -0.05) is 23.2 Å². The van der Waals surface area contributed by atoms with Gasteiger partial charge in [0.15, 0.2) is 0 Å². The average molecular weight is 423 g/mol. The number of carbonyl (C=O) groups excluding carboxylic acids is 1. The molecule has 1 aromatic carbocycles. The number of aliphatic imine (C=N–C) groups is 1. The highest BCUT2D eigenvalue weighted by molar-refractivity contribution is 6.36. The summed E-state index contributed by atoms with van der Waals surface area (Å²) in [7, 11) is 0. The summed E-state index contributed by atoms with van der Waals surface area (Å²) in [5, 5.41) is 3.14. The van der Waals surface area contributed by atoms with Gasteiger partial charge in [0.05, 0.1) is 16.7 Å². The first kappa shape index (κ1) is 19.0. The van der Waals surface area contributed by atoms with E-state index in [0.29, 0.717) is 22.9 Å². The Kier molecular flexibility index (Phi) is 4.47. The highest BCUT2D eigenvalue weighted by Crippen LogP contribution is 2.62. The normalized spacial score (nSPS) is 22.4. The van der Waals surface area contributed by atoms with Crippen molar-refractivity contribution in [2.75, 3.05) is 11.9 Å². The molecule has 146 valence electrons. The Balaban J connectivity index is 1.68. The highest BCUT2D eigenvalue weighted by atomic mass is 35.5. The van der Waals surface area contributed by atoms with Crippen molar-refractivity contribution in [2.45, 2.75) is 25.3 Å². The quantitative estimate of drug-likeness (QED) is 0.777. The molecule has 0 saturated heterocycles. The van der Waals surface area contributed by atoms with Crippen LogP contribution in [0.25, 0.3) is 0 Å². The van der Waals surface area contributed by atoms with Crippen LogP contribution >= 0.6 is 23.2 Å². The van der Waals surface area contributed by atoms with Gasteiger partial charge in [-0.05, 0) is 44.0 Å². The van der Waals surface area contributed by atoms with E-state index in [-0.39, 0.29) is 22.2 Å². The SMILES string of the molecule is C[C@]1(c2cc(NC(=O)c3ncc(Cl)cc3Cl)ccc2F)N=C(N)OCC12CC2. The van der Waals surface area contributed by atoms with Crippen LogP contribution in [0.15, 0.2) is 35.5 Å². The Morgan fingerprint density at radius 1 is 1.32 bits per heavy atom. The molecule has 1 saturated carbocycles. The number of pyridine rings is 1. The van der Waals surface area contributed by atoms with E-state index in [2.05, 4.69) is 15.3 Å². The maximum Gasteiger partial charge on any atom is 0.282 e. The molecule has 6 nitrogen and oxygen atoms in total. The lowest BCUT2D eigenvalue weighted by Gasteiger charge is -2.38. The minimum atomic E-state index is -0.879. The molecule has 0 radical (unpaired) electrons. The van der Waals surface area contributed by atoms with E-state index in [0.717, 1.165) is 12.8 Å². The van der Waals surface area contributed by atoms with Crippen LogP contribution in [0.3, 0.4) is 0 Å². The van der Waals surface area contributed by atoms with Crippen LogP contribution in [-0.2, 0) is 10.3 Å². The lowest BCUT2D eigenvalue weighted by Crippen LogP contribution is -2.43. The van der Waals surface area contributed by atoms with Crippen LogP contribution in [0.4, 0.5) is 10.1 Å². The molecule has 0 unspecified atom stereocenters. The molecule has 1 amide bonds. The molecule has 1 aliphatic heterocycles. The summed E-state index contributed by atoms with van der Waals surface area (Å²) >= 11 is 11.9. The maximum absolute atomic E-state index is 14.8. The monoisotopic (exact) mass is 422 g/mol. The number of rotatable bonds is 3. The van der Waals surface area contributed by atoms with Gasteiger partial charge in [0.25, 0.3) is 11.9 Å². The number of nitrogens with zero attached hydrogens (tertiary/aromatic N) is 2. The fraction of sp³-hybridized carbons (Fsp3) is 0.316. The summed E-state index contributed by atoms with van der Waals surface area (Å²) in [4.78, 5) is 20.9. The van der Waals surface area contributed by atoms with E-state index in [1.165, 1.54) is 24.4 Å². The molecular formula is C19H17Cl2FN4O2. The number of amides is 1. The lowest BCUT2D eigenvalue weighted by atomic mass is 9.76. The zero-order valence-electron chi connectivity index (χ0n) is 14.9. The van der Waals surface area contributed by atoms with E-state index < -0.39 is 17.3 Å². The first-order valence-corrected chi connectivity index (χ1v) is 9.40. The maximum atomic E-state index is 14.8. The van der Waals surface area contributed by atoms with Crippen molar-refractivity contribution in [1.29, 1.82) is 0 Å². The van der Waals surface area contributed by atoms with Gasteiger partial charge < -0.3 is 15.8 Å². The number of hydrogen-bond acceptors (Lipinski definition) is 5. The summed E-state index contributed by atoms with van der Waals surface area (Å²) in [6.07, 6.45) is 3.05. The molecule has 0 bridgehead atoms. The van der Waals surface area contributed by atoms with E-state index in [4.69, 9.17) is 33.7 Å². The van der Waals surface area contributed by atoms with Gasteiger partial charge in [-0.25, -0.2) is 14.4 Å². The minimum Gasteiger partial charge on any atom is -0.465 e. The predicted octanol–water partition coefficient (Wildman–Crippen LogP) is 4.12. The Labute approximate surface area is 170 Å². The van der Waals surface area contributed by atoms with Crippen molar-refractivity contribution in [3.8, 4) is 0 Å². The Morgan fingerprint density at radius 3 is 2.75 bits per heavy atom. The van der Waals surface area contributed by atoms with E-state index in [1.807, 2.05) is 6.92 Å². The number of halogens is 3. The molecule has 1 aromatic heterocycles. The fourth-order valence-electron chi connectivity index (χ4n) is 3.60. The molecular weight excluding hydrogens is 406 g/mol. The molecule has 3 N–H and O–H groups in total. The summed E-state index contributed by atoms with van der Waals surface area (Å²) in [6.45, 7) is 2.23. The standard InChI is InChI=1S/C19H17Cl2FN4O2/c1-18(19(4-5-19)9-28-17(23)26-18)12-7-11(2-3-14(12)22)25-16(27)15-13(21)6-10(20)8-24-15/h2-3,6-8H,4-5,9H2,1H3,(H2,23,26)(H,25,27)/t18-/m1/s1. The van der Waals surface area contributed by atoms with Crippen LogP contribution in [0, 0.1) is 11.2 Å². The number of amidine groups is 1. The first-order valence-electron chi connectivity index (χ1n) is 8.65. The summed E-state index contributed by atoms with van der Waals surface area (Å²) in [5.41, 5.74) is 5.37. The number of hydrogen-bond donors (Lipinski definition) is 2. The molecule has 2 heterocycles. The van der Waals surface area contributed by atoms with Crippen LogP contribution < -0.4 is 11.1 Å². The molecule has 2 aromatic rings. The van der Waals surface area contributed by atoms with Crippen molar-refractivity contribution in [1.82, 2.24) is 4.98 Å². The molecule has 2 aliphatic rings. The molecule has 9 heteroatoms. The van der Waals surface area contributed by atoms with Gasteiger partial charge in [0.1, 0.15) is 17.1 Å². The predicted molar refractivity (Wildman–Crippen MR) is 105 cm³/mol. The number of anilines is 1. The van der Waals surface area contributed by atoms with Gasteiger partial charge in [0.2, 0.25) is 0 Å². The van der Waals surface area contributed by atoms with Gasteiger partial charge in [-0.2, -0.15) is 0 Å².